The molecular weight excluding hydrogens is 484 g/mol. The summed E-state index contributed by atoms with van der Waals surface area (Å²) in [6.07, 6.45) is 2.62. The fraction of sp³-hybridized carbons (Fsp3) is 0.265. The summed E-state index contributed by atoms with van der Waals surface area (Å²) in [5.41, 5.74) is 13.8. The molecule has 1 fully saturated rings. The average Bonchev–Trinajstić information content (AvgIpc) is 2.94. The Kier molecular flexibility index (Phi) is 7.99. The number of piperidine rings is 1. The first-order chi connectivity index (χ1) is 18.9. The topological polar surface area (TPSA) is 64.8 Å². The molecule has 0 bridgehead atoms. The van der Waals surface area contributed by atoms with Crippen LogP contribution >= 0.6 is 0 Å². The standard InChI is InChI=1S/C34H36N2O3/c1-23-5-4-6-26(19-23)31-21-27(11-14-34(31)38-3)33(37)20-24-7-9-25(10-8-24)30-13-12-29(22-32(30)35)39-28-15-17-36(2)18-16-28/h4-14,19,21-22,28H,15-18,20,35H2,1-3H3. The van der Waals surface area contributed by atoms with Crippen LogP contribution in [0.15, 0.2) is 84.9 Å². The van der Waals surface area contributed by atoms with Gasteiger partial charge in [0.25, 0.3) is 0 Å². The number of anilines is 1. The van der Waals surface area contributed by atoms with E-state index in [-0.39, 0.29) is 11.9 Å². The number of carbonyl (C=O) groups is 1. The van der Waals surface area contributed by atoms with E-state index in [0.29, 0.717) is 17.7 Å². The van der Waals surface area contributed by atoms with Crippen LogP contribution in [0.4, 0.5) is 5.69 Å². The van der Waals surface area contributed by atoms with Gasteiger partial charge in [0.15, 0.2) is 5.78 Å². The molecule has 0 radical (unpaired) electrons. The Labute approximate surface area is 231 Å². The van der Waals surface area contributed by atoms with E-state index in [0.717, 1.165) is 70.8 Å². The average molecular weight is 521 g/mol. The number of hydrogen-bond acceptors (Lipinski definition) is 5. The van der Waals surface area contributed by atoms with Crippen LogP contribution in [0.5, 0.6) is 11.5 Å². The van der Waals surface area contributed by atoms with E-state index >= 15 is 0 Å². The molecule has 1 saturated heterocycles. The van der Waals surface area contributed by atoms with Crippen LogP contribution in [0.25, 0.3) is 22.3 Å². The van der Waals surface area contributed by atoms with Crippen LogP contribution in [0.3, 0.4) is 0 Å². The zero-order valence-electron chi connectivity index (χ0n) is 22.9. The smallest absolute Gasteiger partial charge is 0.167 e. The zero-order valence-corrected chi connectivity index (χ0v) is 22.9. The van der Waals surface area contributed by atoms with E-state index in [9.17, 15) is 4.79 Å². The van der Waals surface area contributed by atoms with E-state index in [2.05, 4.69) is 31.0 Å². The molecule has 39 heavy (non-hydrogen) atoms. The first-order valence-corrected chi connectivity index (χ1v) is 13.5. The Morgan fingerprint density at radius 3 is 2.36 bits per heavy atom. The molecule has 1 aliphatic heterocycles. The third-order valence-corrected chi connectivity index (χ3v) is 7.47. The van der Waals surface area contributed by atoms with Crippen LogP contribution in [0, 0.1) is 6.92 Å². The van der Waals surface area contributed by atoms with Gasteiger partial charge >= 0.3 is 0 Å². The van der Waals surface area contributed by atoms with Crippen LogP contribution in [0.1, 0.15) is 34.3 Å². The Balaban J connectivity index is 1.27. The summed E-state index contributed by atoms with van der Waals surface area (Å²) in [5.74, 6) is 1.63. The highest BCUT2D eigenvalue weighted by Crippen LogP contribution is 2.33. The van der Waals surface area contributed by atoms with Gasteiger partial charge in [-0.2, -0.15) is 0 Å². The summed E-state index contributed by atoms with van der Waals surface area (Å²) in [7, 11) is 3.80. The van der Waals surface area contributed by atoms with Gasteiger partial charge in [-0.15, -0.1) is 0 Å². The summed E-state index contributed by atoms with van der Waals surface area (Å²) < 4.78 is 11.8. The highest BCUT2D eigenvalue weighted by Gasteiger charge is 2.18. The Hall–Kier alpha value is -4.09. The number of likely N-dealkylation sites (tertiary alicyclic amines) is 1. The first-order valence-electron chi connectivity index (χ1n) is 13.5. The molecule has 0 atom stereocenters. The number of benzene rings is 4. The predicted octanol–water partition coefficient (Wildman–Crippen LogP) is 6.82. The number of carbonyl (C=O) groups excluding carboxylic acids is 1. The molecule has 4 aromatic rings. The van der Waals surface area contributed by atoms with Crippen molar-refractivity contribution in [1.82, 2.24) is 4.90 Å². The fourth-order valence-corrected chi connectivity index (χ4v) is 5.18. The minimum Gasteiger partial charge on any atom is -0.496 e. The van der Waals surface area contributed by atoms with Crippen LogP contribution in [-0.4, -0.2) is 44.0 Å². The van der Waals surface area contributed by atoms with Crippen molar-refractivity contribution in [2.75, 3.05) is 33.0 Å². The van der Waals surface area contributed by atoms with Crippen molar-refractivity contribution < 1.29 is 14.3 Å². The number of nitrogen functional groups attached to an aromatic ring is 1. The number of ketones is 1. The van der Waals surface area contributed by atoms with Crippen LogP contribution < -0.4 is 15.2 Å². The van der Waals surface area contributed by atoms with Gasteiger partial charge in [0.1, 0.15) is 17.6 Å². The number of rotatable bonds is 8. The summed E-state index contributed by atoms with van der Waals surface area (Å²) in [6, 6.07) is 27.8. The number of aryl methyl sites for hydroxylation is 1. The fourth-order valence-electron chi connectivity index (χ4n) is 5.18. The van der Waals surface area contributed by atoms with Crippen molar-refractivity contribution in [1.29, 1.82) is 0 Å². The van der Waals surface area contributed by atoms with E-state index in [1.54, 1.807) is 7.11 Å². The molecule has 1 heterocycles. The molecule has 0 amide bonds. The third kappa shape index (κ3) is 6.32. The lowest BCUT2D eigenvalue weighted by molar-refractivity contribution is 0.0993. The molecule has 5 nitrogen and oxygen atoms in total. The molecule has 200 valence electrons. The molecule has 2 N–H and O–H groups in total. The molecule has 0 saturated carbocycles. The normalized spacial score (nSPS) is 14.2. The number of nitrogens with zero attached hydrogens (tertiary/aromatic N) is 1. The Bertz CT molecular complexity index is 1450. The monoisotopic (exact) mass is 520 g/mol. The van der Waals surface area contributed by atoms with Gasteiger partial charge in [-0.05, 0) is 73.8 Å². The van der Waals surface area contributed by atoms with Gasteiger partial charge in [-0.1, -0.05) is 54.1 Å². The second-order valence-electron chi connectivity index (χ2n) is 10.5. The van der Waals surface area contributed by atoms with E-state index < -0.39 is 0 Å². The van der Waals surface area contributed by atoms with Gasteiger partial charge in [-0.25, -0.2) is 0 Å². The molecule has 0 unspecified atom stereocenters. The number of nitrogens with two attached hydrogens (primary N) is 1. The SMILES string of the molecule is COc1ccc(C(=O)Cc2ccc(-c3ccc(OC4CCN(C)CC4)cc3N)cc2)cc1-c1cccc(C)c1. The van der Waals surface area contributed by atoms with E-state index in [4.69, 9.17) is 15.2 Å². The quantitative estimate of drug-likeness (QED) is 0.204. The second kappa shape index (κ2) is 11.7. The van der Waals surface area contributed by atoms with Gasteiger partial charge in [0, 0.05) is 48.0 Å². The number of methoxy groups -OCH3 is 1. The predicted molar refractivity (Wildman–Crippen MR) is 159 cm³/mol. The third-order valence-electron chi connectivity index (χ3n) is 7.47. The maximum atomic E-state index is 13.2. The molecule has 5 rings (SSSR count). The lowest BCUT2D eigenvalue weighted by Gasteiger charge is -2.29. The minimum atomic E-state index is 0.0641. The van der Waals surface area contributed by atoms with Gasteiger partial charge in [-0.3, -0.25) is 4.79 Å². The summed E-state index contributed by atoms with van der Waals surface area (Å²) in [5, 5.41) is 0. The van der Waals surface area contributed by atoms with Crippen LogP contribution in [-0.2, 0) is 6.42 Å². The highest BCUT2D eigenvalue weighted by atomic mass is 16.5. The maximum absolute atomic E-state index is 13.2. The van der Waals surface area contributed by atoms with Gasteiger partial charge in [0.2, 0.25) is 0 Å². The van der Waals surface area contributed by atoms with Crippen molar-refractivity contribution in [2.45, 2.75) is 32.3 Å². The second-order valence-corrected chi connectivity index (χ2v) is 10.5. The summed E-state index contributed by atoms with van der Waals surface area (Å²) >= 11 is 0. The van der Waals surface area contributed by atoms with Gasteiger partial charge < -0.3 is 20.1 Å². The molecule has 4 aromatic carbocycles. The zero-order chi connectivity index (χ0) is 27.4. The van der Waals surface area contributed by atoms with Crippen molar-refractivity contribution in [2.24, 2.45) is 0 Å². The van der Waals surface area contributed by atoms with Gasteiger partial charge in [0.05, 0.1) is 7.11 Å². The molecule has 0 aliphatic carbocycles. The molecule has 0 aromatic heterocycles. The Morgan fingerprint density at radius 2 is 1.67 bits per heavy atom. The van der Waals surface area contributed by atoms with E-state index in [1.807, 2.05) is 72.8 Å². The van der Waals surface area contributed by atoms with Crippen molar-refractivity contribution >= 4 is 11.5 Å². The van der Waals surface area contributed by atoms with Crippen molar-refractivity contribution in [3.63, 3.8) is 0 Å². The highest BCUT2D eigenvalue weighted by molar-refractivity contribution is 5.99. The van der Waals surface area contributed by atoms with E-state index in [1.165, 1.54) is 0 Å². The van der Waals surface area contributed by atoms with Crippen LogP contribution in [0.2, 0.25) is 0 Å². The molecule has 1 aliphatic rings. The molecular formula is C34H36N2O3. The maximum Gasteiger partial charge on any atom is 0.167 e. The Morgan fingerprint density at radius 1 is 0.897 bits per heavy atom. The molecule has 5 heteroatoms. The number of ether oxygens (including phenoxy) is 2. The minimum absolute atomic E-state index is 0.0641. The lowest BCUT2D eigenvalue weighted by atomic mass is 9.95. The largest absolute Gasteiger partial charge is 0.496 e. The molecule has 0 spiro atoms. The number of Topliss-reactive ketones (excluding diaryl/α,β-unsaturated/α-hetero) is 1. The van der Waals surface area contributed by atoms with Crippen molar-refractivity contribution in [3.8, 4) is 33.8 Å². The summed E-state index contributed by atoms with van der Waals surface area (Å²) in [6.45, 7) is 4.17. The summed E-state index contributed by atoms with van der Waals surface area (Å²) in [4.78, 5) is 15.5. The first kappa shape index (κ1) is 26.5. The number of hydrogen-bond donors (Lipinski definition) is 1. The lowest BCUT2D eigenvalue weighted by Crippen LogP contribution is -2.35. The van der Waals surface area contributed by atoms with Crippen molar-refractivity contribution in [3.05, 3.63) is 102 Å².